The highest BCUT2D eigenvalue weighted by Crippen LogP contribution is 2.29. The summed E-state index contributed by atoms with van der Waals surface area (Å²) in [5.41, 5.74) is 3.90. The summed E-state index contributed by atoms with van der Waals surface area (Å²) in [7, 11) is 0. The standard InChI is InChI=1S/C17H18ClNO/c1-4-19(14-7-5-6-12(2)10-14)15-8-9-16(13(3)20)17(18)11-15/h5-11H,4H2,1-3H3. The summed E-state index contributed by atoms with van der Waals surface area (Å²) in [6.07, 6.45) is 0. The van der Waals surface area contributed by atoms with E-state index < -0.39 is 0 Å². The van der Waals surface area contributed by atoms with Crippen LogP contribution in [0.5, 0.6) is 0 Å². The number of hydrogen-bond acceptors (Lipinski definition) is 2. The van der Waals surface area contributed by atoms with E-state index in [2.05, 4.69) is 36.9 Å². The first-order valence-electron chi connectivity index (χ1n) is 6.67. The molecule has 0 aliphatic carbocycles. The van der Waals surface area contributed by atoms with Crippen LogP contribution in [0.2, 0.25) is 5.02 Å². The number of rotatable bonds is 4. The fraction of sp³-hybridized carbons (Fsp3) is 0.235. The molecule has 0 saturated heterocycles. The minimum absolute atomic E-state index is 0.0137. The molecule has 0 atom stereocenters. The topological polar surface area (TPSA) is 20.3 Å². The Kier molecular flexibility index (Phi) is 4.46. The maximum Gasteiger partial charge on any atom is 0.161 e. The van der Waals surface area contributed by atoms with Crippen molar-refractivity contribution >= 4 is 28.8 Å². The van der Waals surface area contributed by atoms with Crippen molar-refractivity contribution in [3.8, 4) is 0 Å². The van der Waals surface area contributed by atoms with E-state index in [9.17, 15) is 4.79 Å². The number of carbonyl (C=O) groups excluding carboxylic acids is 1. The van der Waals surface area contributed by atoms with Gasteiger partial charge in [0.15, 0.2) is 5.78 Å². The van der Waals surface area contributed by atoms with Crippen LogP contribution in [0, 0.1) is 6.92 Å². The van der Waals surface area contributed by atoms with Crippen molar-refractivity contribution in [3.05, 3.63) is 58.6 Å². The van der Waals surface area contributed by atoms with E-state index in [1.807, 2.05) is 18.2 Å². The smallest absolute Gasteiger partial charge is 0.161 e. The van der Waals surface area contributed by atoms with Gasteiger partial charge in [-0.2, -0.15) is 0 Å². The highest BCUT2D eigenvalue weighted by Gasteiger charge is 2.11. The summed E-state index contributed by atoms with van der Waals surface area (Å²) in [5.74, 6) is -0.0137. The molecule has 0 spiro atoms. The first-order valence-corrected chi connectivity index (χ1v) is 7.05. The van der Waals surface area contributed by atoms with Crippen LogP contribution >= 0.6 is 11.6 Å². The monoisotopic (exact) mass is 287 g/mol. The van der Waals surface area contributed by atoms with Crippen LogP contribution < -0.4 is 4.90 Å². The minimum atomic E-state index is -0.0137. The molecule has 0 heterocycles. The zero-order chi connectivity index (χ0) is 14.7. The molecule has 0 bridgehead atoms. The second kappa shape index (κ2) is 6.10. The number of ketones is 1. The quantitative estimate of drug-likeness (QED) is 0.737. The number of Topliss-reactive ketones (excluding diaryl/α,β-unsaturated/α-hetero) is 1. The Morgan fingerprint density at radius 3 is 2.40 bits per heavy atom. The van der Waals surface area contributed by atoms with Crippen molar-refractivity contribution in [1.82, 2.24) is 0 Å². The van der Waals surface area contributed by atoms with Crippen molar-refractivity contribution in [2.45, 2.75) is 20.8 Å². The van der Waals surface area contributed by atoms with E-state index in [-0.39, 0.29) is 5.78 Å². The van der Waals surface area contributed by atoms with Crippen LogP contribution in [-0.2, 0) is 0 Å². The normalized spacial score (nSPS) is 10.4. The van der Waals surface area contributed by atoms with Gasteiger partial charge in [-0.25, -0.2) is 0 Å². The van der Waals surface area contributed by atoms with E-state index in [1.54, 1.807) is 6.07 Å². The van der Waals surface area contributed by atoms with Gasteiger partial charge in [-0.3, -0.25) is 4.79 Å². The molecule has 0 N–H and O–H groups in total. The molecule has 2 nitrogen and oxygen atoms in total. The lowest BCUT2D eigenvalue weighted by Gasteiger charge is -2.24. The number of benzene rings is 2. The molecule has 0 aliphatic rings. The summed E-state index contributed by atoms with van der Waals surface area (Å²) in [6, 6.07) is 13.9. The van der Waals surface area contributed by atoms with Gasteiger partial charge in [0.2, 0.25) is 0 Å². The lowest BCUT2D eigenvalue weighted by Crippen LogP contribution is -2.16. The average molecular weight is 288 g/mol. The van der Waals surface area contributed by atoms with E-state index in [0.29, 0.717) is 10.6 Å². The third-order valence-corrected chi connectivity index (χ3v) is 3.59. The van der Waals surface area contributed by atoms with Crippen molar-refractivity contribution < 1.29 is 4.79 Å². The fourth-order valence-electron chi connectivity index (χ4n) is 2.27. The van der Waals surface area contributed by atoms with Crippen LogP contribution in [-0.4, -0.2) is 12.3 Å². The molecule has 0 aromatic heterocycles. The fourth-order valence-corrected chi connectivity index (χ4v) is 2.58. The number of nitrogens with zero attached hydrogens (tertiary/aromatic N) is 1. The van der Waals surface area contributed by atoms with Gasteiger partial charge in [-0.1, -0.05) is 23.7 Å². The number of aryl methyl sites for hydroxylation is 1. The predicted octanol–water partition coefficient (Wildman–Crippen LogP) is 5.01. The van der Waals surface area contributed by atoms with Crippen LogP contribution in [0.3, 0.4) is 0 Å². The van der Waals surface area contributed by atoms with Crippen LogP contribution in [0.25, 0.3) is 0 Å². The molecule has 104 valence electrons. The van der Waals surface area contributed by atoms with Gasteiger partial charge in [0.05, 0.1) is 5.02 Å². The first kappa shape index (κ1) is 14.6. The maximum absolute atomic E-state index is 11.4. The van der Waals surface area contributed by atoms with Gasteiger partial charge in [-0.15, -0.1) is 0 Å². The third-order valence-electron chi connectivity index (χ3n) is 3.27. The van der Waals surface area contributed by atoms with Crippen LogP contribution in [0.15, 0.2) is 42.5 Å². The zero-order valence-corrected chi connectivity index (χ0v) is 12.7. The van der Waals surface area contributed by atoms with Gasteiger partial charge >= 0.3 is 0 Å². The van der Waals surface area contributed by atoms with Gasteiger partial charge in [0, 0.05) is 23.5 Å². The summed E-state index contributed by atoms with van der Waals surface area (Å²) in [5, 5.41) is 0.501. The maximum atomic E-state index is 11.4. The Balaban J connectivity index is 2.42. The largest absolute Gasteiger partial charge is 0.342 e. The van der Waals surface area contributed by atoms with E-state index in [1.165, 1.54) is 12.5 Å². The van der Waals surface area contributed by atoms with Crippen LogP contribution in [0.1, 0.15) is 29.8 Å². The Bertz CT molecular complexity index is 637. The van der Waals surface area contributed by atoms with Crippen molar-refractivity contribution in [2.75, 3.05) is 11.4 Å². The minimum Gasteiger partial charge on any atom is -0.342 e. The molecule has 0 unspecified atom stereocenters. The predicted molar refractivity (Wildman–Crippen MR) is 85.3 cm³/mol. The highest BCUT2D eigenvalue weighted by molar-refractivity contribution is 6.34. The SMILES string of the molecule is CCN(c1cccc(C)c1)c1ccc(C(C)=O)c(Cl)c1. The molecule has 0 amide bonds. The van der Waals surface area contributed by atoms with Gasteiger partial charge < -0.3 is 4.90 Å². The molecular formula is C17H18ClNO. The first-order chi connectivity index (χ1) is 9.52. The van der Waals surface area contributed by atoms with Crippen LogP contribution in [0.4, 0.5) is 11.4 Å². The molecule has 20 heavy (non-hydrogen) atoms. The molecule has 2 aromatic rings. The van der Waals surface area contributed by atoms with Crippen molar-refractivity contribution in [1.29, 1.82) is 0 Å². The van der Waals surface area contributed by atoms with E-state index >= 15 is 0 Å². The molecule has 2 aromatic carbocycles. The van der Waals surface area contributed by atoms with Gasteiger partial charge in [0.1, 0.15) is 0 Å². The van der Waals surface area contributed by atoms with Gasteiger partial charge in [0.25, 0.3) is 0 Å². The molecule has 0 radical (unpaired) electrons. The molecule has 3 heteroatoms. The third kappa shape index (κ3) is 3.02. The highest BCUT2D eigenvalue weighted by atomic mass is 35.5. The van der Waals surface area contributed by atoms with E-state index in [4.69, 9.17) is 11.6 Å². The lowest BCUT2D eigenvalue weighted by molar-refractivity contribution is 0.101. The molecular weight excluding hydrogens is 270 g/mol. The Labute approximate surface area is 125 Å². The summed E-state index contributed by atoms with van der Waals surface area (Å²) in [6.45, 7) is 6.52. The number of hydrogen-bond donors (Lipinski definition) is 0. The summed E-state index contributed by atoms with van der Waals surface area (Å²) in [4.78, 5) is 13.6. The molecule has 0 fully saturated rings. The molecule has 2 rings (SSSR count). The van der Waals surface area contributed by atoms with Crippen molar-refractivity contribution in [2.24, 2.45) is 0 Å². The number of anilines is 2. The zero-order valence-electron chi connectivity index (χ0n) is 12.0. The van der Waals surface area contributed by atoms with Crippen molar-refractivity contribution in [3.63, 3.8) is 0 Å². The molecule has 0 saturated carbocycles. The second-order valence-electron chi connectivity index (χ2n) is 4.80. The Morgan fingerprint density at radius 2 is 1.85 bits per heavy atom. The lowest BCUT2D eigenvalue weighted by atomic mass is 10.1. The molecule has 0 aliphatic heterocycles. The number of halogens is 1. The van der Waals surface area contributed by atoms with Gasteiger partial charge in [-0.05, 0) is 56.7 Å². The summed E-state index contributed by atoms with van der Waals surface area (Å²) < 4.78 is 0. The van der Waals surface area contributed by atoms with E-state index in [0.717, 1.165) is 17.9 Å². The average Bonchev–Trinajstić information content (AvgIpc) is 2.39. The second-order valence-corrected chi connectivity index (χ2v) is 5.21. The number of carbonyl (C=O) groups is 1. The Morgan fingerprint density at radius 1 is 1.15 bits per heavy atom. The summed E-state index contributed by atoms with van der Waals surface area (Å²) >= 11 is 6.20. The Hall–Kier alpha value is -1.80.